The Kier molecular flexibility index (Phi) is 2.99. The summed E-state index contributed by atoms with van der Waals surface area (Å²) >= 11 is 0. The van der Waals surface area contributed by atoms with Crippen molar-refractivity contribution in [3.8, 4) is 0 Å². The molecule has 2 heterocycles. The maximum atomic E-state index is 9.11. The monoisotopic (exact) mass is 205 g/mol. The molecule has 4 heteroatoms. The Bertz CT molecular complexity index is 436. The van der Waals surface area contributed by atoms with Gasteiger partial charge in [0.25, 0.3) is 0 Å². The van der Waals surface area contributed by atoms with Gasteiger partial charge in [-0.15, -0.1) is 0 Å². The number of aliphatic hydroxyl groups excluding tert-OH is 1. The molecule has 4 nitrogen and oxygen atoms in total. The quantitative estimate of drug-likeness (QED) is 0.776. The molecule has 2 rings (SSSR count). The highest BCUT2D eigenvalue weighted by Crippen LogP contribution is 2.08. The summed E-state index contributed by atoms with van der Waals surface area (Å²) in [6, 6.07) is 5.98. The van der Waals surface area contributed by atoms with Crippen LogP contribution in [0.3, 0.4) is 0 Å². The largest absolute Gasteiger partial charge is 0.392 e. The Hall–Kier alpha value is -1.39. The number of nitrogens with zero attached hydrogens (tertiary/aromatic N) is 2. The molecule has 0 aliphatic rings. The van der Waals surface area contributed by atoms with Crippen LogP contribution in [-0.4, -0.2) is 27.4 Å². The van der Waals surface area contributed by atoms with Crippen LogP contribution in [0, 0.1) is 0 Å². The minimum atomic E-state index is -0.313. The van der Waals surface area contributed by atoms with Crippen LogP contribution in [0.25, 0.3) is 5.52 Å². The van der Waals surface area contributed by atoms with E-state index in [1.165, 1.54) is 0 Å². The Balaban J connectivity index is 2.08. The fourth-order valence-corrected chi connectivity index (χ4v) is 1.54. The standard InChI is InChI=1S/C11H15N3O/c1-9(15)6-12-7-10-8-13-14-5-3-2-4-11(10)14/h2-5,8-9,12,15H,6-7H2,1H3/t9-/m1/s1. The third-order valence-electron chi connectivity index (χ3n) is 2.26. The van der Waals surface area contributed by atoms with Crippen LogP contribution in [0.4, 0.5) is 0 Å². The van der Waals surface area contributed by atoms with Gasteiger partial charge in [0, 0.05) is 24.8 Å². The first kappa shape index (κ1) is 10.1. The third kappa shape index (κ3) is 2.34. The fourth-order valence-electron chi connectivity index (χ4n) is 1.54. The smallest absolute Gasteiger partial charge is 0.0706 e. The first-order chi connectivity index (χ1) is 7.27. The lowest BCUT2D eigenvalue weighted by Gasteiger charge is -2.05. The van der Waals surface area contributed by atoms with Crippen LogP contribution in [-0.2, 0) is 6.54 Å². The van der Waals surface area contributed by atoms with Gasteiger partial charge in [-0.25, -0.2) is 4.52 Å². The lowest BCUT2D eigenvalue weighted by atomic mass is 10.2. The second-order valence-electron chi connectivity index (χ2n) is 3.68. The highest BCUT2D eigenvalue weighted by atomic mass is 16.3. The zero-order valence-corrected chi connectivity index (χ0v) is 8.72. The molecule has 2 aromatic rings. The summed E-state index contributed by atoms with van der Waals surface area (Å²) in [5.41, 5.74) is 2.26. The maximum Gasteiger partial charge on any atom is 0.0706 e. The molecule has 2 N–H and O–H groups in total. The van der Waals surface area contributed by atoms with Gasteiger partial charge >= 0.3 is 0 Å². The maximum absolute atomic E-state index is 9.11. The molecule has 0 aliphatic heterocycles. The summed E-state index contributed by atoms with van der Waals surface area (Å²) < 4.78 is 1.85. The average molecular weight is 205 g/mol. The average Bonchev–Trinajstić information content (AvgIpc) is 2.62. The molecule has 0 aliphatic carbocycles. The molecule has 0 unspecified atom stereocenters. The number of nitrogens with one attached hydrogen (secondary N) is 1. The number of aliphatic hydroxyl groups is 1. The lowest BCUT2D eigenvalue weighted by molar-refractivity contribution is 0.191. The zero-order chi connectivity index (χ0) is 10.7. The van der Waals surface area contributed by atoms with E-state index >= 15 is 0 Å². The Labute approximate surface area is 88.5 Å². The molecular formula is C11H15N3O. The zero-order valence-electron chi connectivity index (χ0n) is 8.72. The molecule has 80 valence electrons. The van der Waals surface area contributed by atoms with Gasteiger partial charge in [-0.2, -0.15) is 5.10 Å². The normalized spacial score (nSPS) is 13.2. The molecule has 0 spiro atoms. The van der Waals surface area contributed by atoms with E-state index in [9.17, 15) is 0 Å². The molecule has 15 heavy (non-hydrogen) atoms. The molecule has 0 amide bonds. The Morgan fingerprint density at radius 3 is 3.20 bits per heavy atom. The number of hydrogen-bond donors (Lipinski definition) is 2. The Morgan fingerprint density at radius 1 is 1.53 bits per heavy atom. The number of aromatic nitrogens is 2. The van der Waals surface area contributed by atoms with Gasteiger partial charge in [0.05, 0.1) is 17.8 Å². The summed E-state index contributed by atoms with van der Waals surface area (Å²) in [7, 11) is 0. The second kappa shape index (κ2) is 4.42. The van der Waals surface area contributed by atoms with Crippen molar-refractivity contribution in [3.63, 3.8) is 0 Å². The topological polar surface area (TPSA) is 49.6 Å². The van der Waals surface area contributed by atoms with Crippen molar-refractivity contribution in [2.24, 2.45) is 0 Å². The van der Waals surface area contributed by atoms with E-state index in [0.29, 0.717) is 6.54 Å². The summed E-state index contributed by atoms with van der Waals surface area (Å²) in [4.78, 5) is 0. The first-order valence-electron chi connectivity index (χ1n) is 5.07. The van der Waals surface area contributed by atoms with Crippen LogP contribution in [0.15, 0.2) is 30.6 Å². The van der Waals surface area contributed by atoms with Crippen molar-refractivity contribution in [1.29, 1.82) is 0 Å². The van der Waals surface area contributed by atoms with E-state index in [1.807, 2.05) is 35.1 Å². The van der Waals surface area contributed by atoms with Crippen molar-refractivity contribution in [2.75, 3.05) is 6.54 Å². The molecule has 0 aromatic carbocycles. The van der Waals surface area contributed by atoms with Crippen LogP contribution in [0.1, 0.15) is 12.5 Å². The van der Waals surface area contributed by atoms with Crippen molar-refractivity contribution >= 4 is 5.52 Å². The Morgan fingerprint density at radius 2 is 2.40 bits per heavy atom. The molecule has 1 atom stereocenters. The SMILES string of the molecule is C[C@@H](O)CNCc1cnn2ccccc12. The minimum Gasteiger partial charge on any atom is -0.392 e. The van der Waals surface area contributed by atoms with E-state index in [1.54, 1.807) is 6.92 Å². The lowest BCUT2D eigenvalue weighted by Crippen LogP contribution is -2.23. The van der Waals surface area contributed by atoms with Gasteiger partial charge in [-0.1, -0.05) is 6.07 Å². The minimum absolute atomic E-state index is 0.313. The van der Waals surface area contributed by atoms with Gasteiger partial charge in [0.15, 0.2) is 0 Å². The van der Waals surface area contributed by atoms with E-state index in [4.69, 9.17) is 5.11 Å². The van der Waals surface area contributed by atoms with Crippen LogP contribution in [0.2, 0.25) is 0 Å². The van der Waals surface area contributed by atoms with E-state index < -0.39 is 0 Å². The van der Waals surface area contributed by atoms with E-state index in [2.05, 4.69) is 10.4 Å². The van der Waals surface area contributed by atoms with Crippen LogP contribution >= 0.6 is 0 Å². The summed E-state index contributed by atoms with van der Waals surface area (Å²) in [6.45, 7) is 3.10. The molecule has 0 fully saturated rings. The third-order valence-corrected chi connectivity index (χ3v) is 2.26. The van der Waals surface area contributed by atoms with E-state index in [0.717, 1.165) is 17.6 Å². The van der Waals surface area contributed by atoms with Gasteiger partial charge in [0.2, 0.25) is 0 Å². The molecule has 0 radical (unpaired) electrons. The molecule has 0 saturated heterocycles. The van der Waals surface area contributed by atoms with Crippen LogP contribution < -0.4 is 5.32 Å². The van der Waals surface area contributed by atoms with Gasteiger partial charge in [-0.3, -0.25) is 0 Å². The summed E-state index contributed by atoms with van der Waals surface area (Å²) in [5.74, 6) is 0. The second-order valence-corrected chi connectivity index (χ2v) is 3.68. The number of hydrogen-bond acceptors (Lipinski definition) is 3. The van der Waals surface area contributed by atoms with Gasteiger partial charge in [0.1, 0.15) is 0 Å². The molecule has 0 bridgehead atoms. The summed E-state index contributed by atoms with van der Waals surface area (Å²) in [5, 5.41) is 16.5. The predicted molar refractivity (Wildman–Crippen MR) is 58.6 cm³/mol. The van der Waals surface area contributed by atoms with Gasteiger partial charge in [-0.05, 0) is 19.1 Å². The predicted octanol–water partition coefficient (Wildman–Crippen LogP) is 0.805. The first-order valence-corrected chi connectivity index (χ1v) is 5.07. The fraction of sp³-hybridized carbons (Fsp3) is 0.364. The van der Waals surface area contributed by atoms with Crippen LogP contribution in [0.5, 0.6) is 0 Å². The van der Waals surface area contributed by atoms with Gasteiger partial charge < -0.3 is 10.4 Å². The number of pyridine rings is 1. The molecular weight excluding hydrogens is 190 g/mol. The van der Waals surface area contributed by atoms with Crippen molar-refractivity contribution in [3.05, 3.63) is 36.2 Å². The molecule has 0 saturated carbocycles. The van der Waals surface area contributed by atoms with Crippen molar-refractivity contribution in [1.82, 2.24) is 14.9 Å². The highest BCUT2D eigenvalue weighted by Gasteiger charge is 2.02. The molecule has 2 aromatic heterocycles. The van der Waals surface area contributed by atoms with Crippen molar-refractivity contribution in [2.45, 2.75) is 19.6 Å². The number of rotatable bonds is 4. The number of fused-ring (bicyclic) bond motifs is 1. The van der Waals surface area contributed by atoms with E-state index in [-0.39, 0.29) is 6.10 Å². The highest BCUT2D eigenvalue weighted by molar-refractivity contribution is 5.53. The van der Waals surface area contributed by atoms with Crippen molar-refractivity contribution < 1.29 is 5.11 Å². The summed E-state index contributed by atoms with van der Waals surface area (Å²) in [6.07, 6.45) is 3.46.